The Labute approximate surface area is 263 Å². The summed E-state index contributed by atoms with van der Waals surface area (Å²) in [6, 6.07) is 20.5. The number of hydrogen-bond acceptors (Lipinski definition) is 7. The van der Waals surface area contributed by atoms with Gasteiger partial charge in [0.2, 0.25) is 5.78 Å². The lowest BCUT2D eigenvalue weighted by molar-refractivity contribution is -0.00535. The summed E-state index contributed by atoms with van der Waals surface area (Å²) in [5.41, 5.74) is 0.502. The highest BCUT2D eigenvalue weighted by Crippen LogP contribution is 2.40. The van der Waals surface area contributed by atoms with Crippen LogP contribution in [0.1, 0.15) is 60.7 Å². The van der Waals surface area contributed by atoms with Gasteiger partial charge in [0.1, 0.15) is 5.02 Å². The number of hydrogen-bond donors (Lipinski definition) is 0. The number of benzene rings is 2. The molecule has 0 saturated carbocycles. The third-order valence-corrected chi connectivity index (χ3v) is 14.0. The highest BCUT2D eigenvalue weighted by atomic mass is 35.5. The summed E-state index contributed by atoms with van der Waals surface area (Å²) < 4.78 is 29.1. The SMILES string of the molecule is Cc1cnc(C(=O)c2nc(CO[Si](c3ccccc3)(c3ccccc3)C(C)(C)C)c(N3CC(C)OC(C)C3)c(Cl)c2F)s1. The second-order valence-electron chi connectivity index (χ2n) is 12.1. The number of carbonyl (C=O) groups excluding carboxylic acids is 1. The average molecular weight is 638 g/mol. The van der Waals surface area contributed by atoms with Crippen LogP contribution >= 0.6 is 22.9 Å². The standard InChI is InChI=1S/C33H37ClFN3O3SSi/c1-21-18-38(19-22(2)41-21)30-26(37-29(28(35)27(30)34)31(39)32-36-17-23(3)42-32)20-40-43(33(4,5)6,24-13-9-7-10-14-24)25-15-11-8-12-16-25/h7-17,21-22H,18-20H2,1-6H3. The first-order valence-electron chi connectivity index (χ1n) is 14.4. The van der Waals surface area contributed by atoms with Crippen LogP contribution in [-0.4, -0.2) is 49.4 Å². The van der Waals surface area contributed by atoms with Gasteiger partial charge in [-0.25, -0.2) is 14.4 Å². The Kier molecular flexibility index (Phi) is 9.20. The van der Waals surface area contributed by atoms with Crippen molar-refractivity contribution < 1.29 is 18.3 Å². The Hall–Kier alpha value is -2.95. The van der Waals surface area contributed by atoms with Gasteiger partial charge in [0, 0.05) is 24.2 Å². The molecule has 1 aliphatic heterocycles. The molecule has 1 fully saturated rings. The molecule has 43 heavy (non-hydrogen) atoms. The Balaban J connectivity index is 1.68. The summed E-state index contributed by atoms with van der Waals surface area (Å²) in [6.45, 7) is 13.4. The van der Waals surface area contributed by atoms with Gasteiger partial charge in [-0.2, -0.15) is 0 Å². The summed E-state index contributed by atoms with van der Waals surface area (Å²) in [6.07, 6.45) is 1.39. The fraction of sp³-hybridized carbons (Fsp3) is 0.364. The summed E-state index contributed by atoms with van der Waals surface area (Å²) >= 11 is 8.03. The molecule has 0 aliphatic carbocycles. The number of ether oxygens (including phenoxy) is 1. The van der Waals surface area contributed by atoms with Crippen LogP contribution in [-0.2, 0) is 15.8 Å². The van der Waals surface area contributed by atoms with Gasteiger partial charge in [-0.15, -0.1) is 11.3 Å². The first-order chi connectivity index (χ1) is 20.4. The number of nitrogens with zero attached hydrogens (tertiary/aromatic N) is 3. The number of ketones is 1. The van der Waals surface area contributed by atoms with E-state index in [0.29, 0.717) is 24.5 Å². The van der Waals surface area contributed by atoms with E-state index in [1.165, 1.54) is 11.3 Å². The fourth-order valence-corrected chi connectivity index (χ4v) is 11.5. The zero-order valence-electron chi connectivity index (χ0n) is 25.4. The molecular formula is C33H37ClFN3O3SSi. The first kappa shape index (κ1) is 31.5. The summed E-state index contributed by atoms with van der Waals surface area (Å²) in [5.74, 6) is -1.45. The third-order valence-electron chi connectivity index (χ3n) is 7.74. The normalized spacial score (nSPS) is 17.7. The number of anilines is 1. The largest absolute Gasteiger partial charge is 0.401 e. The topological polar surface area (TPSA) is 64.5 Å². The molecule has 10 heteroatoms. The fourth-order valence-electron chi connectivity index (χ4n) is 6.00. The van der Waals surface area contributed by atoms with E-state index in [-0.39, 0.29) is 39.6 Å². The van der Waals surface area contributed by atoms with Gasteiger partial charge in [0.05, 0.1) is 30.2 Å². The maximum Gasteiger partial charge on any atom is 0.261 e. The van der Waals surface area contributed by atoms with Crippen LogP contribution in [0.15, 0.2) is 66.9 Å². The molecule has 0 radical (unpaired) electrons. The number of thiazole rings is 1. The third kappa shape index (κ3) is 6.19. The molecule has 3 heterocycles. The average Bonchev–Trinajstić information content (AvgIpc) is 3.41. The van der Waals surface area contributed by atoms with Gasteiger partial charge >= 0.3 is 0 Å². The molecule has 2 atom stereocenters. The van der Waals surface area contributed by atoms with Gasteiger partial charge < -0.3 is 14.1 Å². The summed E-state index contributed by atoms with van der Waals surface area (Å²) in [5, 5.41) is 1.94. The van der Waals surface area contributed by atoms with Gasteiger partial charge in [-0.3, -0.25) is 4.79 Å². The van der Waals surface area contributed by atoms with Crippen LogP contribution in [0.4, 0.5) is 10.1 Å². The molecule has 2 unspecified atom stereocenters. The minimum atomic E-state index is -2.98. The molecule has 6 nitrogen and oxygen atoms in total. The molecule has 0 spiro atoms. The van der Waals surface area contributed by atoms with Crippen molar-refractivity contribution in [2.45, 2.75) is 65.4 Å². The molecule has 0 amide bonds. The van der Waals surface area contributed by atoms with Gasteiger partial charge in [-0.05, 0) is 36.2 Å². The van der Waals surface area contributed by atoms with Crippen LogP contribution in [0.5, 0.6) is 0 Å². The number of pyridine rings is 1. The smallest absolute Gasteiger partial charge is 0.261 e. The lowest BCUT2D eigenvalue weighted by Gasteiger charge is -2.43. The molecule has 5 rings (SSSR count). The highest BCUT2D eigenvalue weighted by Gasteiger charge is 2.50. The van der Waals surface area contributed by atoms with Crippen LogP contribution in [0.3, 0.4) is 0 Å². The zero-order valence-corrected chi connectivity index (χ0v) is 27.9. The maximum atomic E-state index is 16.0. The number of aromatic nitrogens is 2. The molecular weight excluding hydrogens is 601 g/mol. The van der Waals surface area contributed by atoms with Crippen molar-refractivity contribution in [3.8, 4) is 0 Å². The van der Waals surface area contributed by atoms with Crippen molar-refractivity contribution in [3.05, 3.63) is 99.0 Å². The van der Waals surface area contributed by atoms with E-state index in [9.17, 15) is 4.79 Å². The lowest BCUT2D eigenvalue weighted by Crippen LogP contribution is -2.66. The molecule has 0 N–H and O–H groups in total. The molecule has 0 bridgehead atoms. The Morgan fingerprint density at radius 1 is 1.07 bits per heavy atom. The Bertz CT molecular complexity index is 1550. The quantitative estimate of drug-likeness (QED) is 0.161. The second kappa shape index (κ2) is 12.6. The van der Waals surface area contributed by atoms with E-state index < -0.39 is 19.9 Å². The minimum Gasteiger partial charge on any atom is -0.401 e. The van der Waals surface area contributed by atoms with Crippen LogP contribution in [0, 0.1) is 12.7 Å². The van der Waals surface area contributed by atoms with Crippen molar-refractivity contribution >= 4 is 53.1 Å². The van der Waals surface area contributed by atoms with Crippen molar-refractivity contribution in [2.24, 2.45) is 0 Å². The predicted molar refractivity (Wildman–Crippen MR) is 174 cm³/mol. The molecule has 226 valence electrons. The predicted octanol–water partition coefficient (Wildman–Crippen LogP) is 6.56. The van der Waals surface area contributed by atoms with E-state index in [2.05, 4.69) is 55.0 Å². The highest BCUT2D eigenvalue weighted by molar-refractivity contribution is 7.13. The van der Waals surface area contributed by atoms with Gasteiger partial charge in [0.15, 0.2) is 16.5 Å². The Morgan fingerprint density at radius 3 is 2.12 bits per heavy atom. The molecule has 4 aromatic rings. The molecule has 1 saturated heterocycles. The van der Waals surface area contributed by atoms with Gasteiger partial charge in [-0.1, -0.05) is 93.0 Å². The Morgan fingerprint density at radius 2 is 1.63 bits per heavy atom. The number of rotatable bonds is 8. The minimum absolute atomic E-state index is 0.0277. The number of aryl methyl sites for hydroxylation is 1. The number of morpholine rings is 1. The van der Waals surface area contributed by atoms with Crippen molar-refractivity contribution in [1.29, 1.82) is 0 Å². The van der Waals surface area contributed by atoms with E-state index in [1.807, 2.05) is 62.1 Å². The maximum absolute atomic E-state index is 16.0. The first-order valence-corrected chi connectivity index (χ1v) is 17.5. The van der Waals surface area contributed by atoms with E-state index >= 15 is 4.39 Å². The van der Waals surface area contributed by atoms with E-state index in [4.69, 9.17) is 20.8 Å². The molecule has 2 aromatic heterocycles. The van der Waals surface area contributed by atoms with Gasteiger partial charge in [0.25, 0.3) is 8.32 Å². The van der Waals surface area contributed by atoms with Crippen LogP contribution < -0.4 is 15.3 Å². The van der Waals surface area contributed by atoms with E-state index in [0.717, 1.165) is 15.3 Å². The monoisotopic (exact) mass is 637 g/mol. The second-order valence-corrected chi connectivity index (χ2v) is 18.0. The number of halogens is 2. The molecule has 1 aliphatic rings. The summed E-state index contributed by atoms with van der Waals surface area (Å²) in [7, 11) is -2.98. The van der Waals surface area contributed by atoms with Crippen molar-refractivity contribution in [1.82, 2.24) is 9.97 Å². The van der Waals surface area contributed by atoms with E-state index in [1.54, 1.807) is 6.20 Å². The lowest BCUT2D eigenvalue weighted by atomic mass is 10.1. The molecule has 2 aromatic carbocycles. The van der Waals surface area contributed by atoms with Crippen LogP contribution in [0.25, 0.3) is 0 Å². The number of carbonyl (C=O) groups is 1. The zero-order chi connectivity index (χ0) is 30.9. The van der Waals surface area contributed by atoms with Crippen molar-refractivity contribution in [2.75, 3.05) is 18.0 Å². The van der Waals surface area contributed by atoms with Crippen molar-refractivity contribution in [3.63, 3.8) is 0 Å². The summed E-state index contributed by atoms with van der Waals surface area (Å²) in [4.78, 5) is 25.2. The van der Waals surface area contributed by atoms with Crippen LogP contribution in [0.2, 0.25) is 10.1 Å².